The van der Waals surface area contributed by atoms with Crippen LogP contribution in [0.3, 0.4) is 0 Å². The summed E-state index contributed by atoms with van der Waals surface area (Å²) >= 11 is 6.28. The minimum absolute atomic E-state index is 0.201. The molecule has 1 aromatic rings. The normalized spacial score (nSPS) is 23.1. The van der Waals surface area contributed by atoms with Crippen LogP contribution in [0.15, 0.2) is 11.0 Å². The highest BCUT2D eigenvalue weighted by Crippen LogP contribution is 2.30. The van der Waals surface area contributed by atoms with E-state index in [1.54, 1.807) is 6.20 Å². The van der Waals surface area contributed by atoms with Crippen molar-refractivity contribution in [1.82, 2.24) is 9.78 Å². The summed E-state index contributed by atoms with van der Waals surface area (Å²) in [5.41, 5.74) is 6.32. The van der Waals surface area contributed by atoms with Gasteiger partial charge in [0.15, 0.2) is 0 Å². The van der Waals surface area contributed by atoms with E-state index in [1.807, 2.05) is 6.92 Å². The van der Waals surface area contributed by atoms with Gasteiger partial charge in [-0.2, -0.15) is 5.10 Å². The average Bonchev–Trinajstić information content (AvgIpc) is 2.45. The molecule has 1 aliphatic rings. The third-order valence-electron chi connectivity index (χ3n) is 4.02. The lowest BCUT2D eigenvalue weighted by molar-refractivity contribution is 0.373. The summed E-state index contributed by atoms with van der Waals surface area (Å²) in [5.74, 6) is 0.459. The lowest BCUT2D eigenvalue weighted by Gasteiger charge is -2.39. The number of hydrogen-bond donors (Lipinski definition) is 1. The quantitative estimate of drug-likeness (QED) is 0.922. The predicted molar refractivity (Wildman–Crippen MR) is 82.4 cm³/mol. The van der Waals surface area contributed by atoms with Gasteiger partial charge in [-0.25, -0.2) is 4.68 Å². The van der Waals surface area contributed by atoms with Gasteiger partial charge in [-0.3, -0.25) is 4.79 Å². The first-order valence-electron chi connectivity index (χ1n) is 7.30. The van der Waals surface area contributed by atoms with Crippen molar-refractivity contribution in [2.24, 2.45) is 11.7 Å². The van der Waals surface area contributed by atoms with Gasteiger partial charge in [0.05, 0.1) is 11.9 Å². The number of piperidine rings is 1. The van der Waals surface area contributed by atoms with E-state index in [1.165, 1.54) is 4.68 Å². The van der Waals surface area contributed by atoms with Crippen molar-refractivity contribution in [2.75, 3.05) is 18.0 Å². The van der Waals surface area contributed by atoms with E-state index in [9.17, 15) is 4.79 Å². The number of aromatic nitrogens is 2. The molecule has 2 unspecified atom stereocenters. The topological polar surface area (TPSA) is 64.2 Å². The summed E-state index contributed by atoms with van der Waals surface area (Å²) in [4.78, 5) is 14.4. The maximum Gasteiger partial charge on any atom is 0.287 e. The molecule has 2 heterocycles. The van der Waals surface area contributed by atoms with E-state index in [0.29, 0.717) is 25.0 Å². The largest absolute Gasteiger partial charge is 0.366 e. The van der Waals surface area contributed by atoms with E-state index in [4.69, 9.17) is 17.3 Å². The molecule has 0 bridgehead atoms. The van der Waals surface area contributed by atoms with Gasteiger partial charge >= 0.3 is 0 Å². The third-order valence-corrected chi connectivity index (χ3v) is 4.38. The summed E-state index contributed by atoms with van der Waals surface area (Å²) in [6.45, 7) is 6.27. The van der Waals surface area contributed by atoms with Crippen LogP contribution in [-0.2, 0) is 6.54 Å². The van der Waals surface area contributed by atoms with E-state index < -0.39 is 0 Å². The molecule has 0 aliphatic carbocycles. The molecule has 1 aliphatic heterocycles. The Morgan fingerprint density at radius 3 is 2.90 bits per heavy atom. The highest BCUT2D eigenvalue weighted by molar-refractivity contribution is 6.33. The third kappa shape index (κ3) is 2.99. The molecule has 2 N–H and O–H groups in total. The van der Waals surface area contributed by atoms with Gasteiger partial charge in [0.25, 0.3) is 5.56 Å². The molecule has 1 fully saturated rings. The minimum Gasteiger partial charge on any atom is -0.366 e. The van der Waals surface area contributed by atoms with Crippen LogP contribution in [0.1, 0.15) is 33.1 Å². The molecular weight excluding hydrogens is 276 g/mol. The van der Waals surface area contributed by atoms with Crippen LogP contribution in [0.5, 0.6) is 0 Å². The summed E-state index contributed by atoms with van der Waals surface area (Å²) < 4.78 is 1.43. The SMILES string of the molecule is CCCn1ncc(N2CC(CN)CCC2C)c(Cl)c1=O. The lowest BCUT2D eigenvalue weighted by Crippen LogP contribution is -2.45. The van der Waals surface area contributed by atoms with Crippen LogP contribution in [0.25, 0.3) is 0 Å². The van der Waals surface area contributed by atoms with E-state index in [2.05, 4.69) is 16.9 Å². The molecule has 5 nitrogen and oxygen atoms in total. The van der Waals surface area contributed by atoms with E-state index in [-0.39, 0.29) is 10.6 Å². The second-order valence-electron chi connectivity index (χ2n) is 5.55. The molecule has 0 amide bonds. The van der Waals surface area contributed by atoms with Crippen LogP contribution in [-0.4, -0.2) is 28.9 Å². The zero-order valence-electron chi connectivity index (χ0n) is 12.2. The smallest absolute Gasteiger partial charge is 0.287 e. The van der Waals surface area contributed by atoms with Crippen molar-refractivity contribution in [3.63, 3.8) is 0 Å². The van der Waals surface area contributed by atoms with Crippen LogP contribution >= 0.6 is 11.6 Å². The van der Waals surface area contributed by atoms with Gasteiger partial charge in [-0.15, -0.1) is 0 Å². The Hall–Kier alpha value is -1.07. The number of rotatable bonds is 4. The number of nitrogens with zero attached hydrogens (tertiary/aromatic N) is 3. The van der Waals surface area contributed by atoms with Crippen LogP contribution in [0, 0.1) is 5.92 Å². The van der Waals surface area contributed by atoms with Crippen molar-refractivity contribution >= 4 is 17.3 Å². The fourth-order valence-electron chi connectivity index (χ4n) is 2.74. The Labute approximate surface area is 124 Å². The van der Waals surface area contributed by atoms with E-state index in [0.717, 1.165) is 31.5 Å². The van der Waals surface area contributed by atoms with Gasteiger partial charge in [-0.05, 0) is 38.6 Å². The maximum atomic E-state index is 12.2. The molecule has 6 heteroatoms. The van der Waals surface area contributed by atoms with Crippen molar-refractivity contribution in [1.29, 1.82) is 0 Å². The van der Waals surface area contributed by atoms with Gasteiger partial charge in [0, 0.05) is 19.1 Å². The molecule has 2 rings (SSSR count). The van der Waals surface area contributed by atoms with Gasteiger partial charge in [0.2, 0.25) is 0 Å². The van der Waals surface area contributed by atoms with Crippen molar-refractivity contribution in [3.05, 3.63) is 21.6 Å². The second-order valence-corrected chi connectivity index (χ2v) is 5.93. The first kappa shape index (κ1) is 15.3. The second kappa shape index (κ2) is 6.59. The minimum atomic E-state index is -0.201. The highest BCUT2D eigenvalue weighted by atomic mass is 35.5. The van der Waals surface area contributed by atoms with Crippen molar-refractivity contribution < 1.29 is 0 Å². The monoisotopic (exact) mass is 298 g/mol. The van der Waals surface area contributed by atoms with Crippen molar-refractivity contribution in [2.45, 2.75) is 45.7 Å². The molecule has 20 heavy (non-hydrogen) atoms. The molecule has 1 aromatic heterocycles. The molecule has 0 aromatic carbocycles. The van der Waals surface area contributed by atoms with E-state index >= 15 is 0 Å². The van der Waals surface area contributed by atoms with Crippen LogP contribution in [0.4, 0.5) is 5.69 Å². The standard InChI is InChI=1S/C14H23ClN4O/c1-3-6-19-14(20)13(15)12(8-17-19)18-9-11(7-16)5-4-10(18)2/h8,10-11H,3-7,9,16H2,1-2H3. The summed E-state index contributed by atoms with van der Waals surface area (Å²) in [6.07, 6.45) is 4.77. The number of aryl methyl sites for hydroxylation is 1. The number of nitrogens with two attached hydrogens (primary N) is 1. The summed E-state index contributed by atoms with van der Waals surface area (Å²) in [7, 11) is 0. The Morgan fingerprint density at radius 1 is 1.50 bits per heavy atom. The van der Waals surface area contributed by atoms with Gasteiger partial charge in [-0.1, -0.05) is 18.5 Å². The number of halogens is 1. The molecular formula is C14H23ClN4O. The van der Waals surface area contributed by atoms with Gasteiger partial charge in [0.1, 0.15) is 5.02 Å². The predicted octanol–water partition coefficient (Wildman–Crippen LogP) is 1.87. The molecule has 0 radical (unpaired) electrons. The fourth-order valence-corrected chi connectivity index (χ4v) is 2.99. The van der Waals surface area contributed by atoms with Gasteiger partial charge < -0.3 is 10.6 Å². The lowest BCUT2D eigenvalue weighted by atomic mass is 9.93. The number of hydrogen-bond acceptors (Lipinski definition) is 4. The molecule has 1 saturated heterocycles. The van der Waals surface area contributed by atoms with Crippen molar-refractivity contribution in [3.8, 4) is 0 Å². The average molecular weight is 299 g/mol. The number of anilines is 1. The fraction of sp³-hybridized carbons (Fsp3) is 0.714. The Kier molecular flexibility index (Phi) is 5.05. The van der Waals surface area contributed by atoms with Crippen LogP contribution < -0.4 is 16.2 Å². The van der Waals surface area contributed by atoms with Crippen LogP contribution in [0.2, 0.25) is 5.02 Å². The Morgan fingerprint density at radius 2 is 2.25 bits per heavy atom. The first-order valence-corrected chi connectivity index (χ1v) is 7.68. The zero-order chi connectivity index (χ0) is 14.7. The zero-order valence-corrected chi connectivity index (χ0v) is 12.9. The molecule has 0 saturated carbocycles. The first-order chi connectivity index (χ1) is 9.58. The molecule has 112 valence electrons. The summed E-state index contributed by atoms with van der Waals surface area (Å²) in [5, 5.41) is 4.51. The highest BCUT2D eigenvalue weighted by Gasteiger charge is 2.27. The molecule has 2 atom stereocenters. The molecule has 0 spiro atoms. The maximum absolute atomic E-state index is 12.2. The Bertz CT molecular complexity index is 516. The summed E-state index contributed by atoms with van der Waals surface area (Å²) in [6, 6.07) is 0.360. The Balaban J connectivity index is 2.32.